The third-order valence-corrected chi connectivity index (χ3v) is 3.10. The van der Waals surface area contributed by atoms with Crippen LogP contribution < -0.4 is 10.6 Å². The molecular formula is C11H14N4S. The molecule has 2 aromatic rings. The first-order valence-electron chi connectivity index (χ1n) is 5.15. The summed E-state index contributed by atoms with van der Waals surface area (Å²) < 4.78 is 0. The van der Waals surface area contributed by atoms with Crippen LogP contribution in [-0.2, 0) is 6.54 Å². The van der Waals surface area contributed by atoms with Crippen LogP contribution in [0.5, 0.6) is 0 Å². The summed E-state index contributed by atoms with van der Waals surface area (Å²) in [5.41, 5.74) is 9.42. The molecule has 0 unspecified atom stereocenters. The number of nitrogen functional groups attached to an aromatic ring is 1. The Labute approximate surface area is 98.7 Å². The third-order valence-electron chi connectivity index (χ3n) is 2.35. The summed E-state index contributed by atoms with van der Waals surface area (Å²) in [7, 11) is 0. The molecule has 0 atom stereocenters. The van der Waals surface area contributed by atoms with E-state index in [4.69, 9.17) is 5.73 Å². The van der Waals surface area contributed by atoms with Crippen molar-refractivity contribution in [2.24, 2.45) is 0 Å². The van der Waals surface area contributed by atoms with Gasteiger partial charge in [-0.25, -0.2) is 0 Å². The standard InChI is InChI=1S/C11H14N4S/c1-2-15(11-14-13-8-16-11)7-9-3-5-10(12)6-4-9/h3-6,8H,2,7,12H2,1H3. The highest BCUT2D eigenvalue weighted by Gasteiger charge is 2.07. The fourth-order valence-corrected chi connectivity index (χ4v) is 2.09. The van der Waals surface area contributed by atoms with E-state index in [1.54, 1.807) is 16.8 Å². The summed E-state index contributed by atoms with van der Waals surface area (Å²) in [5.74, 6) is 0. The van der Waals surface area contributed by atoms with Gasteiger partial charge in [-0.15, -0.1) is 10.2 Å². The first-order valence-corrected chi connectivity index (χ1v) is 6.03. The zero-order valence-electron chi connectivity index (χ0n) is 9.13. The number of hydrogen-bond donors (Lipinski definition) is 1. The molecule has 1 heterocycles. The molecule has 0 spiro atoms. The Kier molecular flexibility index (Phi) is 3.36. The normalized spacial score (nSPS) is 10.3. The van der Waals surface area contributed by atoms with Gasteiger partial charge in [0.25, 0.3) is 0 Å². The highest BCUT2D eigenvalue weighted by molar-refractivity contribution is 7.13. The maximum absolute atomic E-state index is 5.65. The minimum absolute atomic E-state index is 0.794. The summed E-state index contributed by atoms with van der Waals surface area (Å²) in [6, 6.07) is 7.92. The van der Waals surface area contributed by atoms with Crippen molar-refractivity contribution < 1.29 is 0 Å². The lowest BCUT2D eigenvalue weighted by Gasteiger charge is -2.19. The van der Waals surface area contributed by atoms with Crippen LogP contribution in [0.1, 0.15) is 12.5 Å². The molecule has 2 rings (SSSR count). The van der Waals surface area contributed by atoms with Crippen molar-refractivity contribution in [3.8, 4) is 0 Å². The van der Waals surface area contributed by atoms with Crippen LogP contribution in [0.15, 0.2) is 29.8 Å². The Morgan fingerprint density at radius 1 is 1.31 bits per heavy atom. The van der Waals surface area contributed by atoms with E-state index in [1.807, 2.05) is 24.3 Å². The molecule has 0 radical (unpaired) electrons. The van der Waals surface area contributed by atoms with E-state index in [9.17, 15) is 0 Å². The predicted molar refractivity (Wildman–Crippen MR) is 67.5 cm³/mol. The van der Waals surface area contributed by atoms with Crippen molar-refractivity contribution in [2.75, 3.05) is 17.2 Å². The van der Waals surface area contributed by atoms with Gasteiger partial charge in [-0.3, -0.25) is 0 Å². The molecule has 0 bridgehead atoms. The Morgan fingerprint density at radius 2 is 2.06 bits per heavy atom. The van der Waals surface area contributed by atoms with E-state index in [1.165, 1.54) is 5.56 Å². The average Bonchev–Trinajstić information content (AvgIpc) is 2.82. The number of anilines is 2. The molecule has 0 aliphatic carbocycles. The minimum atomic E-state index is 0.794. The molecule has 0 amide bonds. The van der Waals surface area contributed by atoms with Crippen LogP contribution in [-0.4, -0.2) is 16.7 Å². The SMILES string of the molecule is CCN(Cc1ccc(N)cc1)c1nncs1. The molecule has 0 aliphatic heterocycles. The average molecular weight is 234 g/mol. The smallest absolute Gasteiger partial charge is 0.208 e. The number of rotatable bonds is 4. The van der Waals surface area contributed by atoms with Gasteiger partial charge in [0.05, 0.1) is 0 Å². The highest BCUT2D eigenvalue weighted by atomic mass is 32.1. The quantitative estimate of drug-likeness (QED) is 0.823. The van der Waals surface area contributed by atoms with Gasteiger partial charge < -0.3 is 10.6 Å². The molecule has 4 nitrogen and oxygen atoms in total. The summed E-state index contributed by atoms with van der Waals surface area (Å²) in [5, 5.41) is 8.88. The van der Waals surface area contributed by atoms with Gasteiger partial charge in [0, 0.05) is 18.8 Å². The van der Waals surface area contributed by atoms with Crippen LogP contribution in [0.25, 0.3) is 0 Å². The van der Waals surface area contributed by atoms with Crippen LogP contribution in [0.2, 0.25) is 0 Å². The Morgan fingerprint density at radius 3 is 2.62 bits per heavy atom. The molecule has 0 saturated heterocycles. The second kappa shape index (κ2) is 4.94. The molecular weight excluding hydrogens is 220 g/mol. The summed E-state index contributed by atoms with van der Waals surface area (Å²) >= 11 is 1.56. The van der Waals surface area contributed by atoms with E-state index in [0.29, 0.717) is 0 Å². The van der Waals surface area contributed by atoms with Crippen molar-refractivity contribution in [1.82, 2.24) is 10.2 Å². The first-order chi connectivity index (χ1) is 7.79. The van der Waals surface area contributed by atoms with Crippen molar-refractivity contribution in [2.45, 2.75) is 13.5 Å². The fourth-order valence-electron chi connectivity index (χ4n) is 1.46. The zero-order valence-corrected chi connectivity index (χ0v) is 9.94. The fraction of sp³-hybridized carbons (Fsp3) is 0.273. The maximum atomic E-state index is 5.65. The minimum Gasteiger partial charge on any atom is -0.399 e. The van der Waals surface area contributed by atoms with Gasteiger partial charge in [0.15, 0.2) is 0 Å². The Hall–Kier alpha value is -1.62. The van der Waals surface area contributed by atoms with Gasteiger partial charge in [0.2, 0.25) is 5.13 Å². The molecule has 0 saturated carbocycles. The van der Waals surface area contributed by atoms with E-state index in [-0.39, 0.29) is 0 Å². The lowest BCUT2D eigenvalue weighted by molar-refractivity contribution is 0.815. The highest BCUT2D eigenvalue weighted by Crippen LogP contribution is 2.18. The van der Waals surface area contributed by atoms with Gasteiger partial charge in [-0.2, -0.15) is 0 Å². The topological polar surface area (TPSA) is 55.0 Å². The van der Waals surface area contributed by atoms with Crippen molar-refractivity contribution in [1.29, 1.82) is 0 Å². The maximum Gasteiger partial charge on any atom is 0.208 e. The molecule has 16 heavy (non-hydrogen) atoms. The zero-order chi connectivity index (χ0) is 11.4. The third kappa shape index (κ3) is 2.49. The molecule has 2 N–H and O–H groups in total. The van der Waals surface area contributed by atoms with Crippen LogP contribution in [0.4, 0.5) is 10.8 Å². The number of benzene rings is 1. The van der Waals surface area contributed by atoms with Gasteiger partial charge >= 0.3 is 0 Å². The summed E-state index contributed by atoms with van der Waals surface area (Å²) in [4.78, 5) is 2.18. The lowest BCUT2D eigenvalue weighted by Crippen LogP contribution is -2.21. The van der Waals surface area contributed by atoms with Gasteiger partial charge in [-0.05, 0) is 24.6 Å². The molecule has 0 aliphatic rings. The van der Waals surface area contributed by atoms with Crippen LogP contribution >= 0.6 is 11.3 Å². The van der Waals surface area contributed by atoms with Crippen LogP contribution in [0, 0.1) is 0 Å². The monoisotopic (exact) mass is 234 g/mol. The number of aromatic nitrogens is 2. The van der Waals surface area contributed by atoms with E-state index < -0.39 is 0 Å². The van der Waals surface area contributed by atoms with Crippen molar-refractivity contribution in [3.63, 3.8) is 0 Å². The molecule has 5 heteroatoms. The second-order valence-electron chi connectivity index (χ2n) is 3.48. The molecule has 1 aromatic carbocycles. The summed E-state index contributed by atoms with van der Waals surface area (Å²) in [6.45, 7) is 3.87. The van der Waals surface area contributed by atoms with E-state index >= 15 is 0 Å². The van der Waals surface area contributed by atoms with Crippen LogP contribution in [0.3, 0.4) is 0 Å². The molecule has 1 aromatic heterocycles. The number of hydrogen-bond acceptors (Lipinski definition) is 5. The molecule has 84 valence electrons. The Bertz CT molecular complexity index is 424. The first kappa shape index (κ1) is 10.9. The number of nitrogens with two attached hydrogens (primary N) is 1. The van der Waals surface area contributed by atoms with Gasteiger partial charge in [-0.1, -0.05) is 23.5 Å². The van der Waals surface area contributed by atoms with Gasteiger partial charge in [0.1, 0.15) is 5.51 Å². The van der Waals surface area contributed by atoms with Crippen molar-refractivity contribution in [3.05, 3.63) is 35.3 Å². The lowest BCUT2D eigenvalue weighted by atomic mass is 10.2. The van der Waals surface area contributed by atoms with E-state index in [0.717, 1.165) is 23.9 Å². The van der Waals surface area contributed by atoms with E-state index in [2.05, 4.69) is 22.0 Å². The number of nitrogens with zero attached hydrogens (tertiary/aromatic N) is 3. The largest absolute Gasteiger partial charge is 0.399 e. The molecule has 0 fully saturated rings. The second-order valence-corrected chi connectivity index (χ2v) is 4.29. The predicted octanol–water partition coefficient (Wildman–Crippen LogP) is 2.15. The van der Waals surface area contributed by atoms with Crippen molar-refractivity contribution >= 4 is 22.2 Å². The summed E-state index contributed by atoms with van der Waals surface area (Å²) in [6.07, 6.45) is 0. The Balaban J connectivity index is 2.10.